The Hall–Kier alpha value is -2.30. The number of carbonyl (C=O) groups is 2. The zero-order valence-corrected chi connectivity index (χ0v) is 12.9. The summed E-state index contributed by atoms with van der Waals surface area (Å²) in [7, 11) is 3.40. The largest absolute Gasteiger partial charge is 0.469 e. The van der Waals surface area contributed by atoms with Gasteiger partial charge in [-0.2, -0.15) is 0 Å². The van der Waals surface area contributed by atoms with Gasteiger partial charge in [0.1, 0.15) is 0 Å². The first kappa shape index (κ1) is 14.6. The number of amides is 1. The lowest BCUT2D eigenvalue weighted by Crippen LogP contribution is -2.40. The van der Waals surface area contributed by atoms with E-state index in [9.17, 15) is 9.59 Å². The van der Waals surface area contributed by atoms with Crippen LogP contribution in [0.1, 0.15) is 23.2 Å². The smallest absolute Gasteiger partial charge is 0.308 e. The summed E-state index contributed by atoms with van der Waals surface area (Å²) in [4.78, 5) is 26.0. The lowest BCUT2D eigenvalue weighted by Gasteiger charge is -2.30. The normalized spacial score (nSPS) is 16.0. The van der Waals surface area contributed by atoms with Crippen LogP contribution in [-0.2, 0) is 16.6 Å². The van der Waals surface area contributed by atoms with Crippen molar-refractivity contribution in [1.82, 2.24) is 9.47 Å². The van der Waals surface area contributed by atoms with Crippen molar-refractivity contribution >= 4 is 22.8 Å². The summed E-state index contributed by atoms with van der Waals surface area (Å²) in [5.41, 5.74) is 1.82. The quantitative estimate of drug-likeness (QED) is 0.799. The van der Waals surface area contributed by atoms with E-state index in [4.69, 9.17) is 4.74 Å². The molecule has 0 atom stereocenters. The van der Waals surface area contributed by atoms with E-state index >= 15 is 0 Å². The molecular formula is C17H20N2O3. The fourth-order valence-corrected chi connectivity index (χ4v) is 3.08. The molecule has 1 aromatic carbocycles. The third-order valence-electron chi connectivity index (χ3n) is 4.45. The highest BCUT2D eigenvalue weighted by Gasteiger charge is 2.28. The molecule has 0 unspecified atom stereocenters. The van der Waals surface area contributed by atoms with Crippen molar-refractivity contribution in [2.24, 2.45) is 13.0 Å². The van der Waals surface area contributed by atoms with Crippen LogP contribution < -0.4 is 0 Å². The number of methoxy groups -OCH3 is 1. The van der Waals surface area contributed by atoms with Gasteiger partial charge < -0.3 is 14.2 Å². The second-order valence-corrected chi connectivity index (χ2v) is 5.79. The number of piperidine rings is 1. The Labute approximate surface area is 129 Å². The standard InChI is InChI=1S/C17H20N2O3/c1-18-8-5-13-11-14(3-4-15(13)18)16(20)19-9-6-12(7-10-19)17(21)22-2/h3-5,8,11-12H,6-7,9-10H2,1-2H3. The molecule has 0 bridgehead atoms. The summed E-state index contributed by atoms with van der Waals surface area (Å²) in [5, 5.41) is 1.07. The molecule has 116 valence electrons. The van der Waals surface area contributed by atoms with E-state index in [1.54, 1.807) is 0 Å². The zero-order chi connectivity index (χ0) is 15.7. The van der Waals surface area contributed by atoms with Gasteiger partial charge in [-0.1, -0.05) is 0 Å². The van der Waals surface area contributed by atoms with Gasteiger partial charge in [0.05, 0.1) is 13.0 Å². The summed E-state index contributed by atoms with van der Waals surface area (Å²) in [6, 6.07) is 7.79. The number of nitrogens with zero attached hydrogens (tertiary/aromatic N) is 2. The molecule has 1 fully saturated rings. The molecule has 2 aromatic rings. The van der Waals surface area contributed by atoms with Crippen molar-refractivity contribution in [3.63, 3.8) is 0 Å². The van der Waals surface area contributed by atoms with E-state index < -0.39 is 0 Å². The van der Waals surface area contributed by atoms with Crippen molar-refractivity contribution < 1.29 is 14.3 Å². The number of aryl methyl sites for hydroxylation is 1. The van der Waals surface area contributed by atoms with Crippen LogP contribution in [0, 0.1) is 5.92 Å². The number of benzene rings is 1. The highest BCUT2D eigenvalue weighted by atomic mass is 16.5. The number of aromatic nitrogens is 1. The number of likely N-dealkylation sites (tertiary alicyclic amines) is 1. The number of carbonyl (C=O) groups excluding carboxylic acids is 2. The minimum absolute atomic E-state index is 0.0362. The predicted octanol–water partition coefficient (Wildman–Crippen LogP) is 2.20. The number of fused-ring (bicyclic) bond motifs is 1. The van der Waals surface area contributed by atoms with E-state index in [0.29, 0.717) is 31.5 Å². The lowest BCUT2D eigenvalue weighted by atomic mass is 9.96. The van der Waals surface area contributed by atoms with Crippen molar-refractivity contribution in [1.29, 1.82) is 0 Å². The Bertz CT molecular complexity index is 712. The van der Waals surface area contributed by atoms with E-state index in [-0.39, 0.29) is 17.8 Å². The van der Waals surface area contributed by atoms with Crippen molar-refractivity contribution in [2.45, 2.75) is 12.8 Å². The average molecular weight is 300 g/mol. The molecule has 0 aliphatic carbocycles. The van der Waals surface area contributed by atoms with Crippen LogP contribution in [0.2, 0.25) is 0 Å². The maximum absolute atomic E-state index is 12.6. The Morgan fingerprint density at radius 3 is 2.59 bits per heavy atom. The maximum atomic E-state index is 12.6. The number of rotatable bonds is 2. The molecule has 1 aliphatic heterocycles. The topological polar surface area (TPSA) is 51.5 Å². The van der Waals surface area contributed by atoms with E-state index in [0.717, 1.165) is 10.9 Å². The fourth-order valence-electron chi connectivity index (χ4n) is 3.08. The maximum Gasteiger partial charge on any atom is 0.308 e. The van der Waals surface area contributed by atoms with E-state index in [1.165, 1.54) is 7.11 Å². The van der Waals surface area contributed by atoms with Crippen LogP contribution >= 0.6 is 0 Å². The van der Waals surface area contributed by atoms with Gasteiger partial charge in [-0.05, 0) is 37.1 Å². The highest BCUT2D eigenvalue weighted by molar-refractivity contribution is 5.98. The van der Waals surface area contributed by atoms with Gasteiger partial charge in [-0.3, -0.25) is 9.59 Å². The first-order valence-corrected chi connectivity index (χ1v) is 7.52. The molecule has 1 amide bonds. The van der Waals surface area contributed by atoms with Crippen LogP contribution in [0.4, 0.5) is 0 Å². The molecule has 1 aliphatic rings. The van der Waals surface area contributed by atoms with Crippen LogP contribution in [0.5, 0.6) is 0 Å². The molecule has 1 aromatic heterocycles. The Kier molecular flexibility index (Phi) is 3.88. The minimum atomic E-state index is -0.169. The van der Waals surface area contributed by atoms with Crippen molar-refractivity contribution in [2.75, 3.05) is 20.2 Å². The molecule has 0 spiro atoms. The Morgan fingerprint density at radius 2 is 1.91 bits per heavy atom. The molecule has 0 radical (unpaired) electrons. The van der Waals surface area contributed by atoms with Gasteiger partial charge in [0.2, 0.25) is 0 Å². The summed E-state index contributed by atoms with van der Waals surface area (Å²) >= 11 is 0. The van der Waals surface area contributed by atoms with E-state index in [1.807, 2.05) is 47.0 Å². The second-order valence-electron chi connectivity index (χ2n) is 5.79. The van der Waals surface area contributed by atoms with Gasteiger partial charge in [0.25, 0.3) is 5.91 Å². The fraction of sp³-hybridized carbons (Fsp3) is 0.412. The van der Waals surface area contributed by atoms with Crippen LogP contribution in [0.15, 0.2) is 30.5 Å². The Balaban J connectivity index is 1.72. The van der Waals surface area contributed by atoms with Gasteiger partial charge in [-0.25, -0.2) is 0 Å². The summed E-state index contributed by atoms with van der Waals surface area (Å²) in [6.45, 7) is 1.21. The SMILES string of the molecule is COC(=O)C1CCN(C(=O)c2ccc3c(ccn3C)c2)CC1. The molecular weight excluding hydrogens is 280 g/mol. The first-order valence-electron chi connectivity index (χ1n) is 7.52. The third-order valence-corrected chi connectivity index (χ3v) is 4.45. The molecule has 5 nitrogen and oxygen atoms in total. The number of hydrogen-bond acceptors (Lipinski definition) is 3. The van der Waals surface area contributed by atoms with Crippen LogP contribution in [0.3, 0.4) is 0 Å². The molecule has 1 saturated heterocycles. The number of esters is 1. The number of ether oxygens (including phenoxy) is 1. The summed E-state index contributed by atoms with van der Waals surface area (Å²) in [6.07, 6.45) is 3.33. The zero-order valence-electron chi connectivity index (χ0n) is 12.9. The first-order chi connectivity index (χ1) is 10.6. The monoisotopic (exact) mass is 300 g/mol. The lowest BCUT2D eigenvalue weighted by molar-refractivity contribution is -0.146. The average Bonchev–Trinajstić information content (AvgIpc) is 2.94. The van der Waals surface area contributed by atoms with E-state index in [2.05, 4.69) is 0 Å². The second kappa shape index (κ2) is 5.83. The Morgan fingerprint density at radius 1 is 1.18 bits per heavy atom. The molecule has 22 heavy (non-hydrogen) atoms. The molecule has 3 rings (SSSR count). The van der Waals surface area contributed by atoms with Gasteiger partial charge in [0.15, 0.2) is 0 Å². The van der Waals surface area contributed by atoms with Crippen LogP contribution in [0.25, 0.3) is 10.9 Å². The summed E-state index contributed by atoms with van der Waals surface area (Å²) in [5.74, 6) is -0.211. The third kappa shape index (κ3) is 2.58. The van der Waals surface area contributed by atoms with Crippen molar-refractivity contribution in [3.05, 3.63) is 36.0 Å². The minimum Gasteiger partial charge on any atom is -0.469 e. The van der Waals surface area contributed by atoms with Gasteiger partial charge >= 0.3 is 5.97 Å². The predicted molar refractivity (Wildman–Crippen MR) is 83.6 cm³/mol. The summed E-state index contributed by atoms with van der Waals surface area (Å²) < 4.78 is 6.81. The molecule has 0 saturated carbocycles. The molecule has 0 N–H and O–H groups in total. The number of hydrogen-bond donors (Lipinski definition) is 0. The highest BCUT2D eigenvalue weighted by Crippen LogP contribution is 2.22. The van der Waals surface area contributed by atoms with Gasteiger partial charge in [-0.15, -0.1) is 0 Å². The van der Waals surface area contributed by atoms with Gasteiger partial charge in [0, 0.05) is 42.8 Å². The molecule has 2 heterocycles. The van der Waals surface area contributed by atoms with Crippen LogP contribution in [-0.4, -0.2) is 41.5 Å². The van der Waals surface area contributed by atoms with Crippen molar-refractivity contribution in [3.8, 4) is 0 Å². The molecule has 5 heteroatoms.